The van der Waals surface area contributed by atoms with Crippen molar-refractivity contribution in [3.05, 3.63) is 241 Å². The molecule has 12 rings (SSSR count). The Kier molecular flexibility index (Phi) is 10.3. The van der Waals surface area contributed by atoms with Crippen LogP contribution in [0.3, 0.4) is 0 Å². The first-order chi connectivity index (χ1) is 34.2. The molecule has 12 aromatic rings. The first kappa shape index (κ1) is 42.7. The van der Waals surface area contributed by atoms with E-state index >= 15 is 0 Å². The second-order valence-corrected chi connectivity index (χ2v) is 18.9. The summed E-state index contributed by atoms with van der Waals surface area (Å²) in [6.07, 6.45) is 5.13. The largest absolute Gasteiger partial charge is 0.344 e. The van der Waals surface area contributed by atoms with Crippen LogP contribution >= 0.6 is 0 Å². The minimum absolute atomic E-state index is 0.850. The summed E-state index contributed by atoms with van der Waals surface area (Å²) in [4.78, 5) is 2.32. The number of para-hydroxylation sites is 2. The zero-order valence-corrected chi connectivity index (χ0v) is 40.5. The molecule has 0 aliphatic carbocycles. The Hall–Kier alpha value is -8.60. The third-order valence-corrected chi connectivity index (χ3v) is 14.8. The van der Waals surface area contributed by atoms with Gasteiger partial charge in [0.1, 0.15) is 0 Å². The van der Waals surface area contributed by atoms with Gasteiger partial charge >= 0.3 is 0 Å². The second-order valence-electron chi connectivity index (χ2n) is 18.9. The van der Waals surface area contributed by atoms with Crippen molar-refractivity contribution < 1.29 is 0 Å². The maximum absolute atomic E-state index is 4.79. The summed E-state index contributed by atoms with van der Waals surface area (Å²) in [5, 5.41) is 7.34. The van der Waals surface area contributed by atoms with Crippen molar-refractivity contribution in [2.75, 3.05) is 4.90 Å². The lowest BCUT2D eigenvalue weighted by molar-refractivity contribution is 1.01. The summed E-state index contributed by atoms with van der Waals surface area (Å²) < 4.78 is 7.01. The third kappa shape index (κ3) is 6.90. The molecule has 0 saturated heterocycles. The zero-order valence-electron chi connectivity index (χ0n) is 40.5. The van der Waals surface area contributed by atoms with Gasteiger partial charge in [-0.15, -0.1) is 0 Å². The molecule has 9 aromatic carbocycles. The van der Waals surface area contributed by atoms with Crippen LogP contribution in [0.2, 0.25) is 0 Å². The van der Waals surface area contributed by atoms with E-state index in [1.165, 1.54) is 93.3 Å². The average molecular weight is 903 g/mol. The van der Waals surface area contributed by atoms with Gasteiger partial charge in [-0.2, -0.15) is 0 Å². The molecule has 70 heavy (non-hydrogen) atoms. The smallest absolute Gasteiger partial charge is 0.0541 e. The molecule has 0 saturated carbocycles. The van der Waals surface area contributed by atoms with E-state index in [0.29, 0.717) is 0 Å². The van der Waals surface area contributed by atoms with Crippen LogP contribution in [0, 0.1) is 13.8 Å². The van der Waals surface area contributed by atoms with Crippen LogP contribution in [-0.4, -0.2) is 13.7 Å². The minimum Gasteiger partial charge on any atom is -0.344 e. The summed E-state index contributed by atoms with van der Waals surface area (Å²) in [6, 6.07) is 69.0. The number of fused-ring (bicyclic) bond motifs is 9. The van der Waals surface area contributed by atoms with E-state index in [1.807, 2.05) is 0 Å². The summed E-state index contributed by atoms with van der Waals surface area (Å²) in [6.45, 7) is 16.1. The molecule has 3 heterocycles. The Morgan fingerprint density at radius 3 is 1.64 bits per heavy atom. The highest BCUT2D eigenvalue weighted by molar-refractivity contribution is 6.13. The van der Waals surface area contributed by atoms with E-state index < -0.39 is 0 Å². The molecule has 3 aromatic heterocycles. The van der Waals surface area contributed by atoms with Crippen molar-refractivity contribution in [3.63, 3.8) is 0 Å². The molecule has 0 aliphatic heterocycles. The molecule has 4 nitrogen and oxygen atoms in total. The number of anilines is 2. The SMILES string of the molecule is C=C(/C=C\C(=C)N(c1ccc2c(c1)c1ccccc1n2C)c1ccc(-c2ccccc2C)cc1CC)c1ccc2c(c1)c1cc(-c3ccccc3C)ccc1n2-c1ccc2c(c1)c1ccccc1n2C. The Bertz CT molecular complexity index is 4150. The maximum atomic E-state index is 4.79. The molecule has 0 N–H and O–H groups in total. The molecule has 0 radical (unpaired) electrons. The summed E-state index contributed by atoms with van der Waals surface area (Å²) >= 11 is 0. The minimum atomic E-state index is 0.850. The van der Waals surface area contributed by atoms with Crippen LogP contribution in [0.1, 0.15) is 29.2 Å². The summed E-state index contributed by atoms with van der Waals surface area (Å²) in [7, 11) is 4.31. The van der Waals surface area contributed by atoms with E-state index in [0.717, 1.165) is 51.3 Å². The van der Waals surface area contributed by atoms with Gasteiger partial charge in [0.05, 0.1) is 11.0 Å². The number of nitrogens with zero attached hydrogens (tertiary/aromatic N) is 4. The van der Waals surface area contributed by atoms with Crippen LogP contribution < -0.4 is 4.90 Å². The molecular weight excluding hydrogens is 849 g/mol. The number of hydrogen-bond donors (Lipinski definition) is 0. The Morgan fingerprint density at radius 1 is 0.471 bits per heavy atom. The third-order valence-electron chi connectivity index (χ3n) is 14.8. The van der Waals surface area contributed by atoms with Gasteiger partial charge in [0.15, 0.2) is 0 Å². The van der Waals surface area contributed by atoms with Crippen LogP contribution in [0.4, 0.5) is 11.4 Å². The van der Waals surface area contributed by atoms with E-state index in [-0.39, 0.29) is 0 Å². The number of hydrogen-bond acceptors (Lipinski definition) is 1. The highest BCUT2D eigenvalue weighted by atomic mass is 15.1. The lowest BCUT2D eigenvalue weighted by Crippen LogP contribution is -2.16. The lowest BCUT2D eigenvalue weighted by atomic mass is 9.96. The lowest BCUT2D eigenvalue weighted by Gasteiger charge is -2.28. The van der Waals surface area contributed by atoms with Gasteiger partial charge in [-0.3, -0.25) is 0 Å². The maximum Gasteiger partial charge on any atom is 0.0541 e. The molecule has 0 amide bonds. The van der Waals surface area contributed by atoms with E-state index in [1.54, 1.807) is 0 Å². The number of allylic oxidation sites excluding steroid dienone is 3. The predicted octanol–water partition coefficient (Wildman–Crippen LogP) is 17.5. The highest BCUT2D eigenvalue weighted by Gasteiger charge is 2.20. The van der Waals surface area contributed by atoms with Gasteiger partial charge in [-0.25, -0.2) is 0 Å². The Morgan fingerprint density at radius 2 is 0.986 bits per heavy atom. The van der Waals surface area contributed by atoms with E-state index in [9.17, 15) is 0 Å². The summed E-state index contributed by atoms with van der Waals surface area (Å²) in [5.74, 6) is 0. The standard InChI is InChI=1S/C66H54N4/c1-8-46-37-48(52-19-11-9-17-43(52)3)28-32-60(46)69(50-30-35-63-58(40-50)54-21-13-15-23-61(54)67(63)6)45(5)26-25-42(2)47-27-33-65-56(38-47)57-39-49(53-20-12-10-18-44(53)4)29-34-66(57)70(65)51-31-36-64-59(41-51)55-22-14-16-24-62(55)68(64)7/h9-41H,2,5,8H2,1,3-4,6-7H3/b26-25-. The van der Waals surface area contributed by atoms with E-state index in [2.05, 4.69) is 254 Å². The van der Waals surface area contributed by atoms with Crippen LogP contribution in [0.25, 0.3) is 98.9 Å². The molecule has 338 valence electrons. The fourth-order valence-electron chi connectivity index (χ4n) is 11.1. The van der Waals surface area contributed by atoms with Crippen molar-refractivity contribution in [3.8, 4) is 27.9 Å². The topological polar surface area (TPSA) is 18.0 Å². The van der Waals surface area contributed by atoms with Gasteiger partial charge in [-0.05, 0) is 161 Å². The molecular formula is C66H54N4. The van der Waals surface area contributed by atoms with Gasteiger partial charge in [0, 0.05) is 91.2 Å². The van der Waals surface area contributed by atoms with Crippen molar-refractivity contribution in [1.82, 2.24) is 13.7 Å². The van der Waals surface area contributed by atoms with E-state index in [4.69, 9.17) is 13.2 Å². The molecule has 0 spiro atoms. The molecule has 0 bridgehead atoms. The Balaban J connectivity index is 0.970. The van der Waals surface area contributed by atoms with Crippen molar-refractivity contribution >= 4 is 82.4 Å². The van der Waals surface area contributed by atoms with Crippen molar-refractivity contribution in [1.29, 1.82) is 0 Å². The fraction of sp³-hybridized carbons (Fsp3) is 0.0909. The average Bonchev–Trinajstić information content (AvgIpc) is 3.99. The normalized spacial score (nSPS) is 11.9. The van der Waals surface area contributed by atoms with Crippen LogP contribution in [0.15, 0.2) is 219 Å². The summed E-state index contributed by atoms with van der Waals surface area (Å²) in [5.41, 5.74) is 22.0. The quantitative estimate of drug-likeness (QED) is 0.125. The number of aryl methyl sites for hydroxylation is 5. The van der Waals surface area contributed by atoms with Gasteiger partial charge < -0.3 is 18.6 Å². The molecule has 0 fully saturated rings. The van der Waals surface area contributed by atoms with Gasteiger partial charge in [0.25, 0.3) is 0 Å². The monoisotopic (exact) mass is 902 g/mol. The highest BCUT2D eigenvalue weighted by Crippen LogP contribution is 2.41. The zero-order chi connectivity index (χ0) is 47.8. The first-order valence-electron chi connectivity index (χ1n) is 24.3. The van der Waals surface area contributed by atoms with Crippen LogP contribution in [0.5, 0.6) is 0 Å². The van der Waals surface area contributed by atoms with Crippen molar-refractivity contribution in [2.24, 2.45) is 14.1 Å². The predicted molar refractivity (Wildman–Crippen MR) is 301 cm³/mol. The van der Waals surface area contributed by atoms with Gasteiger partial charge in [0.2, 0.25) is 0 Å². The molecule has 0 atom stereocenters. The molecule has 0 aliphatic rings. The van der Waals surface area contributed by atoms with Crippen LogP contribution in [-0.2, 0) is 20.5 Å². The fourth-order valence-corrected chi connectivity index (χ4v) is 11.1. The molecule has 4 heteroatoms. The van der Waals surface area contributed by atoms with Gasteiger partial charge in [-0.1, -0.05) is 129 Å². The number of rotatable bonds is 10. The molecule has 0 unspecified atom stereocenters. The number of aromatic nitrogens is 3. The second kappa shape index (κ2) is 16.9. The van der Waals surface area contributed by atoms with Crippen molar-refractivity contribution in [2.45, 2.75) is 27.2 Å². The number of benzene rings is 9. The Labute approximate surface area is 409 Å². The first-order valence-corrected chi connectivity index (χ1v) is 24.3.